The SMILES string of the molecule is CCCCC(CCCCCCC/C=C/C=C/CC(C)=O)OC(C)=O. The number of hydrogen-bond acceptors (Lipinski definition) is 3. The van der Waals surface area contributed by atoms with Gasteiger partial charge < -0.3 is 4.74 Å². The number of rotatable bonds is 15. The van der Waals surface area contributed by atoms with Gasteiger partial charge in [-0.3, -0.25) is 9.59 Å². The topological polar surface area (TPSA) is 43.4 Å². The van der Waals surface area contributed by atoms with Gasteiger partial charge in [0, 0.05) is 13.3 Å². The molecule has 0 aliphatic carbocycles. The molecule has 0 bridgehead atoms. The molecule has 0 aromatic rings. The highest BCUT2D eigenvalue weighted by Crippen LogP contribution is 2.15. The molecule has 0 fully saturated rings. The van der Waals surface area contributed by atoms with Crippen LogP contribution < -0.4 is 0 Å². The van der Waals surface area contributed by atoms with E-state index in [1.807, 2.05) is 18.2 Å². The van der Waals surface area contributed by atoms with E-state index in [-0.39, 0.29) is 17.9 Å². The largest absolute Gasteiger partial charge is 0.463 e. The number of hydrogen-bond donors (Lipinski definition) is 0. The summed E-state index contributed by atoms with van der Waals surface area (Å²) in [5.41, 5.74) is 0. The molecular formula is C21H36O3. The number of unbranched alkanes of at least 4 members (excludes halogenated alkanes) is 6. The van der Waals surface area contributed by atoms with Crippen LogP contribution in [0.15, 0.2) is 24.3 Å². The molecule has 0 aliphatic heterocycles. The van der Waals surface area contributed by atoms with E-state index in [1.165, 1.54) is 32.6 Å². The van der Waals surface area contributed by atoms with Crippen LogP contribution in [0.2, 0.25) is 0 Å². The third-order valence-corrected chi connectivity index (χ3v) is 3.90. The van der Waals surface area contributed by atoms with Gasteiger partial charge in [-0.2, -0.15) is 0 Å². The lowest BCUT2D eigenvalue weighted by atomic mass is 10.0. The molecule has 0 aliphatic rings. The molecule has 1 unspecified atom stereocenters. The molecule has 0 rings (SSSR count). The highest BCUT2D eigenvalue weighted by molar-refractivity contribution is 5.77. The zero-order valence-corrected chi connectivity index (χ0v) is 15.9. The third-order valence-electron chi connectivity index (χ3n) is 3.90. The fourth-order valence-electron chi connectivity index (χ4n) is 2.58. The number of ether oxygens (including phenoxy) is 1. The van der Waals surface area contributed by atoms with Crippen molar-refractivity contribution in [3.05, 3.63) is 24.3 Å². The Balaban J connectivity index is 3.56. The second kappa shape index (κ2) is 16.5. The number of Topliss-reactive ketones (excluding diaryl/α,β-unsaturated/α-hetero) is 1. The van der Waals surface area contributed by atoms with Crippen molar-refractivity contribution in [2.45, 2.75) is 97.5 Å². The van der Waals surface area contributed by atoms with Crippen LogP contribution >= 0.6 is 0 Å². The lowest BCUT2D eigenvalue weighted by molar-refractivity contribution is -0.147. The predicted octanol–water partition coefficient (Wildman–Crippen LogP) is 5.93. The van der Waals surface area contributed by atoms with Gasteiger partial charge in [0.05, 0.1) is 0 Å². The Hall–Kier alpha value is -1.38. The van der Waals surface area contributed by atoms with Crippen LogP contribution in [-0.2, 0) is 14.3 Å². The molecule has 1 atom stereocenters. The zero-order chi connectivity index (χ0) is 18.0. The number of allylic oxidation sites excluding steroid dienone is 4. The van der Waals surface area contributed by atoms with Crippen LogP contribution in [0.4, 0.5) is 0 Å². The van der Waals surface area contributed by atoms with Crippen molar-refractivity contribution in [2.24, 2.45) is 0 Å². The number of esters is 1. The van der Waals surface area contributed by atoms with E-state index in [4.69, 9.17) is 4.74 Å². The second-order valence-corrected chi connectivity index (χ2v) is 6.48. The van der Waals surface area contributed by atoms with E-state index < -0.39 is 0 Å². The maximum atomic E-state index is 11.1. The molecule has 0 radical (unpaired) electrons. The molecule has 0 aromatic heterocycles. The van der Waals surface area contributed by atoms with Crippen LogP contribution in [-0.4, -0.2) is 17.9 Å². The van der Waals surface area contributed by atoms with Gasteiger partial charge in [0.15, 0.2) is 0 Å². The molecule has 0 saturated carbocycles. The van der Waals surface area contributed by atoms with E-state index in [2.05, 4.69) is 13.0 Å². The summed E-state index contributed by atoms with van der Waals surface area (Å²) in [6.07, 6.45) is 20.1. The van der Waals surface area contributed by atoms with Gasteiger partial charge in [-0.05, 0) is 39.0 Å². The standard InChI is InChI=1S/C21H36O3/c1-4-5-17-21(24-20(3)23)18-15-13-11-9-7-6-8-10-12-14-16-19(2)22/h8,10,12,14,21H,4-7,9,11,13,15-18H2,1-3H3/b10-8+,14-12+. The maximum absolute atomic E-state index is 11.1. The van der Waals surface area contributed by atoms with Crippen molar-refractivity contribution in [3.8, 4) is 0 Å². The van der Waals surface area contributed by atoms with Crippen LogP contribution in [0.1, 0.15) is 91.4 Å². The minimum atomic E-state index is -0.153. The maximum Gasteiger partial charge on any atom is 0.302 e. The Morgan fingerprint density at radius 3 is 2.17 bits per heavy atom. The predicted molar refractivity (Wildman–Crippen MR) is 101 cm³/mol. The average molecular weight is 337 g/mol. The Kier molecular flexibility index (Phi) is 15.5. The van der Waals surface area contributed by atoms with Gasteiger partial charge in [0.2, 0.25) is 0 Å². The van der Waals surface area contributed by atoms with Crippen molar-refractivity contribution in [3.63, 3.8) is 0 Å². The van der Waals surface area contributed by atoms with E-state index in [9.17, 15) is 9.59 Å². The van der Waals surface area contributed by atoms with Crippen LogP contribution in [0.25, 0.3) is 0 Å². The van der Waals surface area contributed by atoms with Gasteiger partial charge in [-0.1, -0.05) is 63.3 Å². The summed E-state index contributed by atoms with van der Waals surface area (Å²) in [6, 6.07) is 0. The molecule has 3 nitrogen and oxygen atoms in total. The quantitative estimate of drug-likeness (QED) is 0.211. The summed E-state index contributed by atoms with van der Waals surface area (Å²) in [5.74, 6) is 0.0468. The van der Waals surface area contributed by atoms with Crippen molar-refractivity contribution < 1.29 is 14.3 Å². The van der Waals surface area contributed by atoms with Gasteiger partial charge in [0.1, 0.15) is 11.9 Å². The fourth-order valence-corrected chi connectivity index (χ4v) is 2.58. The van der Waals surface area contributed by atoms with Crippen LogP contribution in [0.3, 0.4) is 0 Å². The molecule has 138 valence electrons. The van der Waals surface area contributed by atoms with E-state index in [1.54, 1.807) is 6.92 Å². The second-order valence-electron chi connectivity index (χ2n) is 6.48. The van der Waals surface area contributed by atoms with Crippen molar-refractivity contribution in [1.29, 1.82) is 0 Å². The average Bonchev–Trinajstić information content (AvgIpc) is 2.52. The molecule has 0 aromatic carbocycles. The Bertz CT molecular complexity index is 383. The molecule has 0 N–H and O–H groups in total. The Labute approximate surface area is 148 Å². The van der Waals surface area contributed by atoms with Crippen molar-refractivity contribution >= 4 is 11.8 Å². The summed E-state index contributed by atoms with van der Waals surface area (Å²) in [5, 5.41) is 0. The van der Waals surface area contributed by atoms with E-state index in [0.717, 1.165) is 38.5 Å². The molecule has 0 spiro atoms. The zero-order valence-electron chi connectivity index (χ0n) is 15.9. The van der Waals surface area contributed by atoms with Crippen LogP contribution in [0.5, 0.6) is 0 Å². The first-order chi connectivity index (χ1) is 11.6. The summed E-state index contributed by atoms with van der Waals surface area (Å²) in [6.45, 7) is 5.27. The lowest BCUT2D eigenvalue weighted by Crippen LogP contribution is -2.16. The molecule has 0 heterocycles. The third kappa shape index (κ3) is 17.0. The highest BCUT2D eigenvalue weighted by Gasteiger charge is 2.10. The minimum Gasteiger partial charge on any atom is -0.463 e. The first-order valence-corrected chi connectivity index (χ1v) is 9.54. The fraction of sp³-hybridized carbons (Fsp3) is 0.714. The summed E-state index contributed by atoms with van der Waals surface area (Å²) in [4.78, 5) is 21.9. The van der Waals surface area contributed by atoms with E-state index in [0.29, 0.717) is 6.42 Å². The summed E-state index contributed by atoms with van der Waals surface area (Å²) < 4.78 is 5.38. The first kappa shape index (κ1) is 22.6. The lowest BCUT2D eigenvalue weighted by Gasteiger charge is -2.16. The van der Waals surface area contributed by atoms with E-state index >= 15 is 0 Å². The van der Waals surface area contributed by atoms with Crippen molar-refractivity contribution in [1.82, 2.24) is 0 Å². The molecule has 3 heteroatoms. The number of carbonyl (C=O) groups is 2. The molecular weight excluding hydrogens is 300 g/mol. The number of carbonyl (C=O) groups excluding carboxylic acids is 2. The van der Waals surface area contributed by atoms with Gasteiger partial charge in [0.25, 0.3) is 0 Å². The molecule has 0 saturated heterocycles. The Morgan fingerprint density at radius 1 is 0.875 bits per heavy atom. The van der Waals surface area contributed by atoms with Gasteiger partial charge >= 0.3 is 5.97 Å². The van der Waals surface area contributed by atoms with Gasteiger partial charge in [-0.15, -0.1) is 0 Å². The Morgan fingerprint density at radius 2 is 1.50 bits per heavy atom. The normalized spacial score (nSPS) is 12.8. The molecule has 0 amide bonds. The van der Waals surface area contributed by atoms with Crippen LogP contribution in [0, 0.1) is 0 Å². The monoisotopic (exact) mass is 336 g/mol. The first-order valence-electron chi connectivity index (χ1n) is 9.54. The van der Waals surface area contributed by atoms with Gasteiger partial charge in [-0.25, -0.2) is 0 Å². The smallest absolute Gasteiger partial charge is 0.302 e. The minimum absolute atomic E-state index is 0.118. The summed E-state index contributed by atoms with van der Waals surface area (Å²) in [7, 11) is 0. The molecule has 24 heavy (non-hydrogen) atoms. The number of ketones is 1. The highest BCUT2D eigenvalue weighted by atomic mass is 16.5. The summed E-state index contributed by atoms with van der Waals surface area (Å²) >= 11 is 0. The van der Waals surface area contributed by atoms with Crippen molar-refractivity contribution in [2.75, 3.05) is 0 Å².